The first-order valence-electron chi connectivity index (χ1n) is 6.45. The first-order valence-corrected chi connectivity index (χ1v) is 8.67. The van der Waals surface area contributed by atoms with Gasteiger partial charge in [0.25, 0.3) is 0 Å². The fourth-order valence-corrected chi connectivity index (χ4v) is 3.66. The minimum atomic E-state index is -3.41. The Morgan fingerprint density at radius 3 is 2.29 bits per heavy atom. The predicted octanol–water partition coefficient (Wildman–Crippen LogP) is 4.08. The van der Waals surface area contributed by atoms with E-state index in [1.807, 2.05) is 37.3 Å². The maximum absolute atomic E-state index is 12.2. The van der Waals surface area contributed by atoms with E-state index in [9.17, 15) is 8.42 Å². The van der Waals surface area contributed by atoms with Gasteiger partial charge in [-0.15, -0.1) is 0 Å². The van der Waals surface area contributed by atoms with Crippen LogP contribution in [0.4, 0.5) is 0 Å². The van der Waals surface area contributed by atoms with Gasteiger partial charge in [0.15, 0.2) is 0 Å². The van der Waals surface area contributed by atoms with Crippen molar-refractivity contribution in [1.82, 2.24) is 3.97 Å². The molecular formula is C16H14ClNO2S. The van der Waals surface area contributed by atoms with E-state index in [4.69, 9.17) is 11.6 Å². The van der Waals surface area contributed by atoms with Gasteiger partial charge < -0.3 is 0 Å². The van der Waals surface area contributed by atoms with Crippen LogP contribution in [-0.2, 0) is 10.0 Å². The number of halogens is 1. The molecule has 0 atom stereocenters. The zero-order valence-corrected chi connectivity index (χ0v) is 13.2. The third kappa shape index (κ3) is 2.57. The van der Waals surface area contributed by atoms with Crippen LogP contribution in [0.2, 0.25) is 5.02 Å². The van der Waals surface area contributed by atoms with Gasteiger partial charge in [-0.2, -0.15) is 0 Å². The fraction of sp³-hybridized carbons (Fsp3) is 0.125. The van der Waals surface area contributed by atoms with Crippen LogP contribution in [0.1, 0.15) is 5.56 Å². The van der Waals surface area contributed by atoms with Crippen LogP contribution in [0, 0.1) is 6.92 Å². The molecule has 0 saturated carbocycles. The van der Waals surface area contributed by atoms with Crippen LogP contribution in [0.15, 0.2) is 48.5 Å². The number of hydrogen-bond acceptors (Lipinski definition) is 2. The smallest absolute Gasteiger partial charge is 0.236 e. The minimum absolute atomic E-state index is 0.587. The molecule has 3 rings (SSSR count). The summed E-state index contributed by atoms with van der Waals surface area (Å²) in [6.07, 6.45) is 1.21. The molecule has 0 saturated heterocycles. The number of aryl methyl sites for hydroxylation is 1. The molecule has 0 amide bonds. The molecule has 0 N–H and O–H groups in total. The van der Waals surface area contributed by atoms with Crippen LogP contribution in [0.25, 0.3) is 22.2 Å². The van der Waals surface area contributed by atoms with Gasteiger partial charge in [-0.3, -0.25) is 0 Å². The number of benzene rings is 2. The molecule has 21 heavy (non-hydrogen) atoms. The lowest BCUT2D eigenvalue weighted by atomic mass is 10.1. The number of aromatic nitrogens is 1. The molecular weight excluding hydrogens is 306 g/mol. The van der Waals surface area contributed by atoms with E-state index < -0.39 is 10.0 Å². The summed E-state index contributed by atoms with van der Waals surface area (Å²) < 4.78 is 25.7. The summed E-state index contributed by atoms with van der Waals surface area (Å²) in [6, 6.07) is 14.8. The third-order valence-corrected chi connectivity index (χ3v) is 4.69. The summed E-state index contributed by atoms with van der Waals surface area (Å²) >= 11 is 6.00. The van der Waals surface area contributed by atoms with Crippen molar-refractivity contribution < 1.29 is 8.42 Å². The van der Waals surface area contributed by atoms with E-state index in [0.29, 0.717) is 16.2 Å². The lowest BCUT2D eigenvalue weighted by Gasteiger charge is -2.08. The van der Waals surface area contributed by atoms with Gasteiger partial charge in [-0.1, -0.05) is 41.4 Å². The molecule has 108 valence electrons. The van der Waals surface area contributed by atoms with Crippen molar-refractivity contribution in [3.63, 3.8) is 0 Å². The normalized spacial score (nSPS) is 12.0. The van der Waals surface area contributed by atoms with Crippen LogP contribution in [0.5, 0.6) is 0 Å². The van der Waals surface area contributed by atoms with Crippen molar-refractivity contribution in [2.75, 3.05) is 6.26 Å². The predicted molar refractivity (Wildman–Crippen MR) is 87.4 cm³/mol. The van der Waals surface area contributed by atoms with Gasteiger partial charge in [-0.05, 0) is 36.8 Å². The highest BCUT2D eigenvalue weighted by molar-refractivity contribution is 7.89. The van der Waals surface area contributed by atoms with Gasteiger partial charge in [0.05, 0.1) is 17.5 Å². The maximum atomic E-state index is 12.2. The molecule has 0 fully saturated rings. The fourth-order valence-electron chi connectivity index (χ4n) is 2.44. The minimum Gasteiger partial charge on any atom is -0.237 e. The van der Waals surface area contributed by atoms with Crippen LogP contribution in [0.3, 0.4) is 0 Å². The lowest BCUT2D eigenvalue weighted by molar-refractivity contribution is 0.595. The summed E-state index contributed by atoms with van der Waals surface area (Å²) in [6.45, 7) is 2.00. The third-order valence-electron chi connectivity index (χ3n) is 3.40. The molecule has 0 aliphatic carbocycles. The van der Waals surface area contributed by atoms with E-state index in [-0.39, 0.29) is 0 Å². The van der Waals surface area contributed by atoms with Crippen molar-refractivity contribution in [3.8, 4) is 11.3 Å². The highest BCUT2D eigenvalue weighted by atomic mass is 35.5. The molecule has 3 nitrogen and oxygen atoms in total. The summed E-state index contributed by atoms with van der Waals surface area (Å²) in [5.74, 6) is 0. The Balaban J connectivity index is 2.38. The molecule has 5 heteroatoms. The zero-order chi connectivity index (χ0) is 15.2. The number of hydrogen-bond donors (Lipinski definition) is 0. The summed E-state index contributed by atoms with van der Waals surface area (Å²) in [4.78, 5) is 0. The highest BCUT2D eigenvalue weighted by Gasteiger charge is 2.17. The average Bonchev–Trinajstić information content (AvgIpc) is 2.77. The quantitative estimate of drug-likeness (QED) is 0.714. The molecule has 0 unspecified atom stereocenters. The van der Waals surface area contributed by atoms with E-state index in [1.54, 1.807) is 18.2 Å². The Hall–Kier alpha value is -1.78. The van der Waals surface area contributed by atoms with Gasteiger partial charge >= 0.3 is 0 Å². The second kappa shape index (κ2) is 4.90. The Kier molecular flexibility index (Phi) is 3.30. The highest BCUT2D eigenvalue weighted by Crippen LogP contribution is 2.31. The average molecular weight is 320 g/mol. The number of nitrogens with zero attached hydrogens (tertiary/aromatic N) is 1. The van der Waals surface area contributed by atoms with Crippen molar-refractivity contribution in [1.29, 1.82) is 0 Å². The van der Waals surface area contributed by atoms with Crippen LogP contribution >= 0.6 is 11.6 Å². The maximum Gasteiger partial charge on any atom is 0.236 e. The van der Waals surface area contributed by atoms with E-state index in [2.05, 4.69) is 0 Å². The van der Waals surface area contributed by atoms with Crippen molar-refractivity contribution in [2.24, 2.45) is 0 Å². The standard InChI is InChI=1S/C16H14ClNO2S/c1-11-3-5-12(6-4-11)16-10-13-9-14(17)7-8-15(13)18(16)21(2,19)20/h3-10H,1-2H3. The van der Waals surface area contributed by atoms with Crippen molar-refractivity contribution >= 4 is 32.5 Å². The molecule has 3 aromatic rings. The topological polar surface area (TPSA) is 39.1 Å². The Morgan fingerprint density at radius 2 is 1.67 bits per heavy atom. The molecule has 0 aliphatic heterocycles. The largest absolute Gasteiger partial charge is 0.237 e. The molecule has 0 spiro atoms. The zero-order valence-electron chi connectivity index (χ0n) is 11.7. The Morgan fingerprint density at radius 1 is 1.00 bits per heavy atom. The Labute approximate surface area is 128 Å². The molecule has 2 aromatic carbocycles. The van der Waals surface area contributed by atoms with Crippen molar-refractivity contribution in [2.45, 2.75) is 6.92 Å². The Bertz CT molecular complexity index is 925. The summed E-state index contributed by atoms with van der Waals surface area (Å²) in [5.41, 5.74) is 3.27. The van der Waals surface area contributed by atoms with Gasteiger partial charge in [0.1, 0.15) is 0 Å². The van der Waals surface area contributed by atoms with Crippen LogP contribution < -0.4 is 0 Å². The van der Waals surface area contributed by atoms with E-state index in [1.165, 1.54) is 10.2 Å². The summed E-state index contributed by atoms with van der Waals surface area (Å²) in [5, 5.41) is 1.40. The molecule has 1 aromatic heterocycles. The summed E-state index contributed by atoms with van der Waals surface area (Å²) in [7, 11) is -3.41. The van der Waals surface area contributed by atoms with Crippen LogP contribution in [-0.4, -0.2) is 18.6 Å². The second-order valence-corrected chi connectivity index (χ2v) is 7.39. The van der Waals surface area contributed by atoms with Crippen molar-refractivity contribution in [3.05, 3.63) is 59.1 Å². The molecule has 0 bridgehead atoms. The molecule has 1 heterocycles. The van der Waals surface area contributed by atoms with Gasteiger partial charge in [-0.25, -0.2) is 12.4 Å². The van der Waals surface area contributed by atoms with Gasteiger partial charge in [0, 0.05) is 10.4 Å². The van der Waals surface area contributed by atoms with Gasteiger partial charge in [0.2, 0.25) is 10.0 Å². The number of fused-ring (bicyclic) bond motifs is 1. The molecule has 0 radical (unpaired) electrons. The first kappa shape index (κ1) is 14.2. The van der Waals surface area contributed by atoms with E-state index in [0.717, 1.165) is 16.5 Å². The monoisotopic (exact) mass is 319 g/mol. The second-order valence-electron chi connectivity index (χ2n) is 5.13. The molecule has 0 aliphatic rings. The SMILES string of the molecule is Cc1ccc(-c2cc3cc(Cl)ccc3n2S(C)(=O)=O)cc1. The lowest BCUT2D eigenvalue weighted by Crippen LogP contribution is -2.11. The first-order chi connectivity index (χ1) is 9.86. The number of rotatable bonds is 2. The van der Waals surface area contributed by atoms with E-state index >= 15 is 0 Å².